The molecule has 104 valence electrons. The second kappa shape index (κ2) is 6.31. The summed E-state index contributed by atoms with van der Waals surface area (Å²) in [5.74, 6) is -0.993. The van der Waals surface area contributed by atoms with E-state index >= 15 is 0 Å². The molecule has 2 N–H and O–H groups in total. The Balaban J connectivity index is 2.47. The summed E-state index contributed by atoms with van der Waals surface area (Å²) in [6, 6.07) is -1.12. The second-order valence-corrected chi connectivity index (χ2v) is 6.15. The molecule has 1 aliphatic rings. The van der Waals surface area contributed by atoms with E-state index in [2.05, 4.69) is 11.6 Å². The summed E-state index contributed by atoms with van der Waals surface area (Å²) < 4.78 is 0.142. The number of carbonyl (C=O) groups excluding carboxylic acids is 1. The first-order valence-electron chi connectivity index (χ1n) is 6.20. The number of rotatable bonds is 5. The fourth-order valence-corrected chi connectivity index (χ4v) is 3.09. The third-order valence-corrected chi connectivity index (χ3v) is 5.19. The SMILES string of the molecule is CSC1(CNC(=O)N(C)C(C)C(=O)O)CCCC1. The maximum Gasteiger partial charge on any atom is 0.326 e. The van der Waals surface area contributed by atoms with Crippen LogP contribution in [0.15, 0.2) is 0 Å². The van der Waals surface area contributed by atoms with Crippen molar-refractivity contribution in [1.29, 1.82) is 0 Å². The predicted octanol–water partition coefficient (Wildman–Crippen LogP) is 1.78. The zero-order valence-electron chi connectivity index (χ0n) is 11.2. The Hall–Kier alpha value is -0.910. The molecular formula is C12H22N2O3S. The molecule has 0 aromatic heterocycles. The van der Waals surface area contributed by atoms with Gasteiger partial charge in [-0.1, -0.05) is 12.8 Å². The molecule has 1 atom stereocenters. The first-order valence-corrected chi connectivity index (χ1v) is 7.43. The summed E-state index contributed by atoms with van der Waals surface area (Å²) in [5, 5.41) is 11.7. The van der Waals surface area contributed by atoms with Crippen LogP contribution in [0, 0.1) is 0 Å². The highest BCUT2D eigenvalue weighted by Crippen LogP contribution is 2.39. The minimum Gasteiger partial charge on any atom is -0.480 e. The number of nitrogens with one attached hydrogen (secondary N) is 1. The van der Waals surface area contributed by atoms with Gasteiger partial charge in [-0.3, -0.25) is 0 Å². The number of aliphatic carboxylic acids is 1. The summed E-state index contributed by atoms with van der Waals surface area (Å²) in [7, 11) is 1.51. The van der Waals surface area contributed by atoms with Crippen LogP contribution >= 0.6 is 11.8 Å². The summed E-state index contributed by atoms with van der Waals surface area (Å²) in [6.07, 6.45) is 6.72. The molecule has 6 heteroatoms. The molecule has 5 nitrogen and oxygen atoms in total. The maximum atomic E-state index is 11.8. The van der Waals surface area contributed by atoms with E-state index in [1.807, 2.05) is 0 Å². The van der Waals surface area contributed by atoms with Gasteiger partial charge in [-0.15, -0.1) is 0 Å². The smallest absolute Gasteiger partial charge is 0.326 e. The van der Waals surface area contributed by atoms with Gasteiger partial charge in [0.05, 0.1) is 0 Å². The van der Waals surface area contributed by atoms with Crippen molar-refractivity contribution in [3.05, 3.63) is 0 Å². The van der Waals surface area contributed by atoms with E-state index < -0.39 is 12.0 Å². The number of likely N-dealkylation sites (N-methyl/N-ethyl adjacent to an activating group) is 1. The zero-order valence-corrected chi connectivity index (χ0v) is 12.0. The highest BCUT2D eigenvalue weighted by molar-refractivity contribution is 8.00. The van der Waals surface area contributed by atoms with Crippen molar-refractivity contribution in [2.24, 2.45) is 0 Å². The van der Waals surface area contributed by atoms with Crippen molar-refractivity contribution < 1.29 is 14.7 Å². The van der Waals surface area contributed by atoms with Gasteiger partial charge in [-0.2, -0.15) is 11.8 Å². The van der Waals surface area contributed by atoms with E-state index in [-0.39, 0.29) is 10.8 Å². The largest absolute Gasteiger partial charge is 0.480 e. The molecule has 0 bridgehead atoms. The van der Waals surface area contributed by atoms with E-state index in [0.717, 1.165) is 12.8 Å². The molecule has 0 aromatic carbocycles. The fourth-order valence-electron chi connectivity index (χ4n) is 2.18. The van der Waals surface area contributed by atoms with E-state index in [0.29, 0.717) is 6.54 Å². The molecule has 0 aromatic rings. The minimum absolute atomic E-state index is 0.142. The second-order valence-electron chi connectivity index (χ2n) is 4.88. The molecule has 0 spiro atoms. The average Bonchev–Trinajstić information content (AvgIpc) is 2.83. The number of urea groups is 1. The molecule has 1 fully saturated rings. The van der Waals surface area contributed by atoms with Crippen LogP contribution < -0.4 is 5.32 Å². The summed E-state index contributed by atoms with van der Waals surface area (Å²) in [5.41, 5.74) is 0. The Labute approximate surface area is 112 Å². The standard InChI is InChI=1S/C12H22N2O3S/c1-9(10(15)16)14(2)11(17)13-8-12(18-3)6-4-5-7-12/h9H,4-8H2,1-3H3,(H,13,17)(H,15,16). The van der Waals surface area contributed by atoms with Crippen molar-refractivity contribution in [3.63, 3.8) is 0 Å². The zero-order chi connectivity index (χ0) is 13.8. The number of thioether (sulfide) groups is 1. The molecule has 0 saturated heterocycles. The van der Waals surface area contributed by atoms with Crippen LogP contribution in [-0.2, 0) is 4.79 Å². The predicted molar refractivity (Wildman–Crippen MR) is 73.0 cm³/mol. The third kappa shape index (κ3) is 3.54. The molecule has 0 heterocycles. The number of hydrogen-bond donors (Lipinski definition) is 2. The maximum absolute atomic E-state index is 11.8. The number of hydrogen-bond acceptors (Lipinski definition) is 3. The topological polar surface area (TPSA) is 69.6 Å². The molecular weight excluding hydrogens is 252 g/mol. The van der Waals surface area contributed by atoms with Gasteiger partial charge < -0.3 is 15.3 Å². The van der Waals surface area contributed by atoms with Crippen LogP contribution in [0.1, 0.15) is 32.6 Å². The van der Waals surface area contributed by atoms with Crippen LogP contribution in [0.2, 0.25) is 0 Å². The van der Waals surface area contributed by atoms with E-state index in [4.69, 9.17) is 5.11 Å². The summed E-state index contributed by atoms with van der Waals surface area (Å²) in [4.78, 5) is 23.9. The number of carboxylic acids is 1. The minimum atomic E-state index is -0.993. The normalized spacial score (nSPS) is 19.3. The number of nitrogens with zero attached hydrogens (tertiary/aromatic N) is 1. The number of amides is 2. The van der Waals surface area contributed by atoms with Gasteiger partial charge in [0.25, 0.3) is 0 Å². The Bertz CT molecular complexity index is 316. The van der Waals surface area contributed by atoms with Gasteiger partial charge in [0, 0.05) is 18.3 Å². The lowest BCUT2D eigenvalue weighted by molar-refractivity contribution is -0.141. The number of carboxylic acid groups (broad SMARTS) is 1. The van der Waals surface area contributed by atoms with Gasteiger partial charge >= 0.3 is 12.0 Å². The molecule has 1 rings (SSSR count). The number of carbonyl (C=O) groups is 2. The van der Waals surface area contributed by atoms with E-state index in [9.17, 15) is 9.59 Å². The average molecular weight is 274 g/mol. The van der Waals surface area contributed by atoms with Crippen LogP contribution in [-0.4, -0.2) is 52.6 Å². The lowest BCUT2D eigenvalue weighted by atomic mass is 10.1. The van der Waals surface area contributed by atoms with Crippen LogP contribution in [0.4, 0.5) is 4.79 Å². The Morgan fingerprint density at radius 2 is 2.00 bits per heavy atom. The monoisotopic (exact) mass is 274 g/mol. The molecule has 0 radical (unpaired) electrons. The Morgan fingerprint density at radius 1 is 1.44 bits per heavy atom. The van der Waals surface area contributed by atoms with Gasteiger partial charge in [0.1, 0.15) is 6.04 Å². The van der Waals surface area contributed by atoms with Crippen LogP contribution in [0.3, 0.4) is 0 Å². The lowest BCUT2D eigenvalue weighted by Gasteiger charge is -2.29. The van der Waals surface area contributed by atoms with Crippen molar-refractivity contribution in [1.82, 2.24) is 10.2 Å². The van der Waals surface area contributed by atoms with Gasteiger partial charge in [-0.25, -0.2) is 9.59 Å². The first-order chi connectivity index (χ1) is 8.42. The fraction of sp³-hybridized carbons (Fsp3) is 0.833. The van der Waals surface area contributed by atoms with Gasteiger partial charge in [-0.05, 0) is 26.0 Å². The van der Waals surface area contributed by atoms with Gasteiger partial charge in [0.2, 0.25) is 0 Å². The summed E-state index contributed by atoms with van der Waals surface area (Å²) in [6.45, 7) is 2.12. The molecule has 18 heavy (non-hydrogen) atoms. The molecule has 2 amide bonds. The first kappa shape index (κ1) is 15.1. The molecule has 1 aliphatic carbocycles. The van der Waals surface area contributed by atoms with E-state index in [1.54, 1.807) is 11.8 Å². The van der Waals surface area contributed by atoms with Crippen LogP contribution in [0.5, 0.6) is 0 Å². The quantitative estimate of drug-likeness (QED) is 0.801. The molecule has 1 saturated carbocycles. The van der Waals surface area contributed by atoms with Crippen molar-refractivity contribution in [3.8, 4) is 0 Å². The third-order valence-electron chi connectivity index (χ3n) is 3.77. The highest BCUT2D eigenvalue weighted by atomic mass is 32.2. The Kier molecular flexibility index (Phi) is 5.31. The van der Waals surface area contributed by atoms with Crippen molar-refractivity contribution in [2.45, 2.75) is 43.4 Å². The summed E-state index contributed by atoms with van der Waals surface area (Å²) >= 11 is 1.80. The van der Waals surface area contributed by atoms with Crippen molar-refractivity contribution in [2.75, 3.05) is 19.8 Å². The highest BCUT2D eigenvalue weighted by Gasteiger charge is 2.34. The lowest BCUT2D eigenvalue weighted by Crippen LogP contribution is -2.49. The van der Waals surface area contributed by atoms with Gasteiger partial charge in [0.15, 0.2) is 0 Å². The van der Waals surface area contributed by atoms with Crippen LogP contribution in [0.25, 0.3) is 0 Å². The van der Waals surface area contributed by atoms with E-state index in [1.165, 1.54) is 31.7 Å². The van der Waals surface area contributed by atoms with Crippen molar-refractivity contribution >= 4 is 23.8 Å². The Morgan fingerprint density at radius 3 is 2.44 bits per heavy atom. The molecule has 1 unspecified atom stereocenters. The molecule has 0 aliphatic heterocycles.